The number of hydrogen-bond donors (Lipinski definition) is 0. The molecule has 0 atom stereocenters. The van der Waals surface area contributed by atoms with Crippen molar-refractivity contribution in [3.8, 4) is 5.69 Å². The van der Waals surface area contributed by atoms with Crippen LogP contribution in [0.15, 0.2) is 47.6 Å². The molecule has 3 nitrogen and oxygen atoms in total. The fraction of sp³-hybridized carbons (Fsp3) is 0.111. The van der Waals surface area contributed by atoms with Crippen molar-refractivity contribution in [2.24, 2.45) is 4.99 Å². The first-order chi connectivity index (χ1) is 10.7. The summed E-state index contributed by atoms with van der Waals surface area (Å²) in [6, 6.07) is 17.8. The van der Waals surface area contributed by atoms with Gasteiger partial charge in [-0.05, 0) is 37.3 Å². The summed E-state index contributed by atoms with van der Waals surface area (Å²) in [5.74, 6) is 0.943. The van der Waals surface area contributed by atoms with E-state index < -0.39 is 0 Å². The van der Waals surface area contributed by atoms with Crippen molar-refractivity contribution in [1.82, 2.24) is 9.55 Å². The van der Waals surface area contributed by atoms with E-state index in [1.54, 1.807) is 0 Å². The second kappa shape index (κ2) is 5.01. The molecule has 0 fully saturated rings. The zero-order valence-electron chi connectivity index (χ0n) is 12.0. The molecule has 0 saturated heterocycles. The minimum Gasteiger partial charge on any atom is -0.298 e. The summed E-state index contributed by atoms with van der Waals surface area (Å²) in [5.41, 5.74) is 4.90. The van der Waals surface area contributed by atoms with E-state index in [1.165, 1.54) is 0 Å². The highest BCUT2D eigenvalue weighted by Gasteiger charge is 2.20. The molecule has 0 amide bonds. The molecule has 3 aromatic rings. The highest BCUT2D eigenvalue weighted by molar-refractivity contribution is 6.31. The first-order valence-electron chi connectivity index (χ1n) is 7.01. The maximum Gasteiger partial charge on any atom is 0.110 e. The Morgan fingerprint density at radius 3 is 3.00 bits per heavy atom. The summed E-state index contributed by atoms with van der Waals surface area (Å²) in [6.45, 7) is 2.57. The maximum absolute atomic E-state index is 6.23. The number of imidazole rings is 1. The molecule has 0 saturated carbocycles. The van der Waals surface area contributed by atoms with Crippen molar-refractivity contribution in [2.75, 3.05) is 0 Å². The molecule has 4 rings (SSSR count). The van der Waals surface area contributed by atoms with Gasteiger partial charge in [-0.3, -0.25) is 9.56 Å². The third-order valence-corrected chi connectivity index (χ3v) is 4.00. The van der Waals surface area contributed by atoms with E-state index in [0.717, 1.165) is 34.0 Å². The van der Waals surface area contributed by atoms with Gasteiger partial charge in [0.05, 0.1) is 35.4 Å². The van der Waals surface area contributed by atoms with E-state index >= 15 is 0 Å². The molecule has 1 aliphatic heterocycles. The average Bonchev–Trinajstić information content (AvgIpc) is 2.82. The van der Waals surface area contributed by atoms with Gasteiger partial charge in [0, 0.05) is 10.6 Å². The predicted molar refractivity (Wildman–Crippen MR) is 86.8 cm³/mol. The van der Waals surface area contributed by atoms with Gasteiger partial charge >= 0.3 is 0 Å². The lowest BCUT2D eigenvalue weighted by molar-refractivity contribution is 0.889. The maximum atomic E-state index is 6.23. The van der Waals surface area contributed by atoms with Crippen LogP contribution in [0.3, 0.4) is 0 Å². The Hall–Kier alpha value is -2.57. The van der Waals surface area contributed by atoms with Crippen LogP contribution in [0, 0.1) is 19.1 Å². The van der Waals surface area contributed by atoms with Crippen molar-refractivity contribution >= 4 is 17.3 Å². The van der Waals surface area contributed by atoms with E-state index in [0.29, 0.717) is 11.6 Å². The molecule has 0 spiro atoms. The minimum absolute atomic E-state index is 0.575. The van der Waals surface area contributed by atoms with E-state index in [1.807, 2.05) is 49.5 Å². The molecule has 0 N–H and O–H groups in total. The van der Waals surface area contributed by atoms with Crippen molar-refractivity contribution in [2.45, 2.75) is 13.5 Å². The Labute approximate surface area is 133 Å². The number of benzene rings is 1. The lowest BCUT2D eigenvalue weighted by atomic mass is 10.0. The Kier molecular flexibility index (Phi) is 2.99. The summed E-state index contributed by atoms with van der Waals surface area (Å²) in [4.78, 5) is 9.18. The molecule has 1 aromatic heterocycles. The third kappa shape index (κ3) is 2.01. The van der Waals surface area contributed by atoms with E-state index in [2.05, 4.69) is 21.7 Å². The lowest BCUT2D eigenvalue weighted by Crippen LogP contribution is -2.08. The number of halogens is 1. The smallest absolute Gasteiger partial charge is 0.110 e. The number of rotatable bonds is 1. The molecule has 0 aliphatic carbocycles. The summed E-state index contributed by atoms with van der Waals surface area (Å²) in [7, 11) is 0. The molecule has 2 aromatic carbocycles. The Balaban J connectivity index is 2.01. The van der Waals surface area contributed by atoms with Crippen LogP contribution in [-0.4, -0.2) is 15.3 Å². The van der Waals surface area contributed by atoms with Crippen LogP contribution in [-0.2, 0) is 6.54 Å². The van der Waals surface area contributed by atoms with Gasteiger partial charge in [0.1, 0.15) is 5.82 Å². The topological polar surface area (TPSA) is 30.2 Å². The quantitative estimate of drug-likeness (QED) is 0.673. The van der Waals surface area contributed by atoms with Gasteiger partial charge in [0.25, 0.3) is 0 Å². The Morgan fingerprint density at radius 1 is 1.27 bits per heavy atom. The molecule has 0 unspecified atom stereocenters. The SMILES string of the molecule is Cc1ncc2n1-c1ccc(Cl)cc1C(c1c#cccc1)=NC2. The number of hydrogen-bond acceptors (Lipinski definition) is 2. The lowest BCUT2D eigenvalue weighted by Gasteiger charge is -2.12. The molecule has 106 valence electrons. The first-order valence-corrected chi connectivity index (χ1v) is 7.38. The van der Waals surface area contributed by atoms with Gasteiger partial charge in [-0.15, -0.1) is 0 Å². The van der Waals surface area contributed by atoms with Crippen LogP contribution in [0.2, 0.25) is 5.02 Å². The molecule has 22 heavy (non-hydrogen) atoms. The summed E-state index contributed by atoms with van der Waals surface area (Å²) >= 11 is 6.23. The second-order valence-electron chi connectivity index (χ2n) is 5.17. The van der Waals surface area contributed by atoms with Gasteiger partial charge in [0.2, 0.25) is 0 Å². The van der Waals surface area contributed by atoms with Crippen molar-refractivity contribution in [3.63, 3.8) is 0 Å². The van der Waals surface area contributed by atoms with E-state index in [9.17, 15) is 0 Å². The molecule has 1 aliphatic rings. The standard InChI is InChI=1S/C18H12ClN3/c1-12-20-10-15-11-21-18(13-5-3-2-4-6-13)16-9-14(19)7-8-17(16)22(12)15/h2-3,5,7-10H,11H2,1H3. The van der Waals surface area contributed by atoms with Gasteiger partial charge in [-0.1, -0.05) is 29.8 Å². The monoisotopic (exact) mass is 305 g/mol. The molecular formula is C18H12ClN3. The predicted octanol–water partition coefficient (Wildman–Crippen LogP) is 3.79. The van der Waals surface area contributed by atoms with Gasteiger partial charge < -0.3 is 0 Å². The van der Waals surface area contributed by atoms with Crippen LogP contribution >= 0.6 is 11.6 Å². The van der Waals surface area contributed by atoms with Crippen LogP contribution in [0.25, 0.3) is 5.69 Å². The van der Waals surface area contributed by atoms with Crippen LogP contribution in [0.1, 0.15) is 22.6 Å². The third-order valence-electron chi connectivity index (χ3n) is 3.77. The largest absolute Gasteiger partial charge is 0.298 e. The van der Waals surface area contributed by atoms with Gasteiger partial charge in [-0.25, -0.2) is 4.98 Å². The zero-order valence-corrected chi connectivity index (χ0v) is 12.7. The highest BCUT2D eigenvalue weighted by Crippen LogP contribution is 2.28. The van der Waals surface area contributed by atoms with Crippen LogP contribution < -0.4 is 0 Å². The van der Waals surface area contributed by atoms with Crippen LogP contribution in [0.4, 0.5) is 0 Å². The van der Waals surface area contributed by atoms with Crippen molar-refractivity contribution in [1.29, 1.82) is 0 Å². The van der Waals surface area contributed by atoms with Gasteiger partial charge in [-0.2, -0.15) is 0 Å². The number of nitrogens with zero attached hydrogens (tertiary/aromatic N) is 3. The van der Waals surface area contributed by atoms with Crippen molar-refractivity contribution < 1.29 is 0 Å². The summed E-state index contributed by atoms with van der Waals surface area (Å²) < 4.78 is 2.13. The second-order valence-corrected chi connectivity index (χ2v) is 5.60. The highest BCUT2D eigenvalue weighted by atomic mass is 35.5. The number of aromatic nitrogens is 2. The summed E-state index contributed by atoms with van der Waals surface area (Å²) in [6.07, 6.45) is 1.88. The molecule has 2 heterocycles. The molecular weight excluding hydrogens is 294 g/mol. The molecule has 0 bridgehead atoms. The number of aryl methyl sites for hydroxylation is 1. The normalized spacial score (nSPS) is 12.7. The minimum atomic E-state index is 0.575. The number of fused-ring (bicyclic) bond motifs is 3. The Bertz CT molecular complexity index is 879. The molecule has 4 heteroatoms. The summed E-state index contributed by atoms with van der Waals surface area (Å²) in [5, 5.41) is 0.688. The Morgan fingerprint density at radius 2 is 2.18 bits per heavy atom. The fourth-order valence-electron chi connectivity index (χ4n) is 2.79. The van der Waals surface area contributed by atoms with Crippen LogP contribution in [0.5, 0.6) is 0 Å². The first kappa shape index (κ1) is 13.1. The molecule has 0 radical (unpaired) electrons. The fourth-order valence-corrected chi connectivity index (χ4v) is 2.96. The van der Waals surface area contributed by atoms with E-state index in [4.69, 9.17) is 16.6 Å². The van der Waals surface area contributed by atoms with Gasteiger partial charge in [0.15, 0.2) is 0 Å². The van der Waals surface area contributed by atoms with Crippen molar-refractivity contribution in [3.05, 3.63) is 82.4 Å². The average molecular weight is 306 g/mol. The number of aliphatic imine (C=N–C) groups is 1. The zero-order chi connectivity index (χ0) is 15.1. The van der Waals surface area contributed by atoms with E-state index in [-0.39, 0.29) is 0 Å².